The van der Waals surface area contributed by atoms with Crippen LogP contribution in [-0.2, 0) is 32.0 Å². The van der Waals surface area contributed by atoms with Crippen LogP contribution in [0.4, 0.5) is 0 Å². The van der Waals surface area contributed by atoms with E-state index < -0.39 is 11.9 Å². The molecule has 28 heavy (non-hydrogen) atoms. The van der Waals surface area contributed by atoms with Crippen LogP contribution in [0.2, 0.25) is 0 Å². The van der Waals surface area contributed by atoms with Gasteiger partial charge in [0.1, 0.15) is 6.54 Å². The van der Waals surface area contributed by atoms with Crippen LogP contribution in [0.1, 0.15) is 34.2 Å². The van der Waals surface area contributed by atoms with Crippen molar-refractivity contribution in [1.29, 1.82) is 0 Å². The fourth-order valence-electron chi connectivity index (χ4n) is 2.82. The topological polar surface area (TPSA) is 86.6 Å². The summed E-state index contributed by atoms with van der Waals surface area (Å²) in [5.74, 6) is -1.32. The lowest BCUT2D eigenvalue weighted by Crippen LogP contribution is -2.31. The minimum Gasteiger partial charge on any atom is -0.462 e. The molecule has 0 fully saturated rings. The number of nitrogens with one attached hydrogen (secondary N) is 1. The molecule has 2 aromatic rings. The maximum Gasteiger partial charge on any atom is 0.339 e. The lowest BCUT2D eigenvalue weighted by Gasteiger charge is -2.10. The Morgan fingerprint density at radius 2 is 1.79 bits per heavy atom. The molecule has 0 radical (unpaired) electrons. The molecule has 0 aliphatic heterocycles. The fourth-order valence-corrected chi connectivity index (χ4v) is 2.82. The zero-order valence-corrected chi connectivity index (χ0v) is 16.5. The quantitative estimate of drug-likeness (QED) is 0.668. The van der Waals surface area contributed by atoms with Gasteiger partial charge in [-0.05, 0) is 38.8 Å². The van der Waals surface area contributed by atoms with Gasteiger partial charge in [0, 0.05) is 17.9 Å². The first-order chi connectivity index (χ1) is 13.4. The van der Waals surface area contributed by atoms with E-state index in [1.54, 1.807) is 31.4 Å². The van der Waals surface area contributed by atoms with Crippen LogP contribution in [0.5, 0.6) is 0 Å². The van der Waals surface area contributed by atoms with Gasteiger partial charge >= 0.3 is 11.9 Å². The Hall–Kier alpha value is -3.09. The van der Waals surface area contributed by atoms with Gasteiger partial charge in [-0.3, -0.25) is 9.59 Å². The van der Waals surface area contributed by atoms with Crippen LogP contribution >= 0.6 is 0 Å². The van der Waals surface area contributed by atoms with E-state index in [-0.39, 0.29) is 25.7 Å². The van der Waals surface area contributed by atoms with Crippen LogP contribution in [-0.4, -0.2) is 42.2 Å². The van der Waals surface area contributed by atoms with Crippen molar-refractivity contribution in [3.63, 3.8) is 0 Å². The van der Waals surface area contributed by atoms with Gasteiger partial charge in [-0.2, -0.15) is 0 Å². The standard InChI is InChI=1S/C21H26N2O5/c1-4-27-21(26)18-12-15(2)23(16(18)3)13-20(25)28-14-19(24)22-11-10-17-8-6-5-7-9-17/h5-9,12H,4,10-11,13-14H2,1-3H3,(H,22,24). The number of nitrogens with zero attached hydrogens (tertiary/aromatic N) is 1. The van der Waals surface area contributed by atoms with Crippen molar-refractivity contribution >= 4 is 17.8 Å². The molecule has 0 bridgehead atoms. The summed E-state index contributed by atoms with van der Waals surface area (Å²) in [4.78, 5) is 35.8. The highest BCUT2D eigenvalue weighted by atomic mass is 16.5. The monoisotopic (exact) mass is 386 g/mol. The van der Waals surface area contributed by atoms with E-state index in [9.17, 15) is 14.4 Å². The molecule has 1 N–H and O–H groups in total. The van der Waals surface area contributed by atoms with Gasteiger partial charge in [0.25, 0.3) is 5.91 Å². The number of rotatable bonds is 9. The summed E-state index contributed by atoms with van der Waals surface area (Å²) < 4.78 is 11.7. The van der Waals surface area contributed by atoms with Gasteiger partial charge in [0.2, 0.25) is 0 Å². The predicted molar refractivity (Wildman–Crippen MR) is 104 cm³/mol. The third-order valence-corrected chi connectivity index (χ3v) is 4.30. The average Bonchev–Trinajstić information content (AvgIpc) is 2.96. The maximum absolute atomic E-state index is 12.1. The van der Waals surface area contributed by atoms with E-state index >= 15 is 0 Å². The Balaban J connectivity index is 1.79. The molecular weight excluding hydrogens is 360 g/mol. The van der Waals surface area contributed by atoms with Crippen molar-refractivity contribution in [3.8, 4) is 0 Å². The summed E-state index contributed by atoms with van der Waals surface area (Å²) in [6, 6.07) is 11.5. The van der Waals surface area contributed by atoms with Crippen LogP contribution in [0.15, 0.2) is 36.4 Å². The molecule has 1 heterocycles. The van der Waals surface area contributed by atoms with Crippen LogP contribution in [0, 0.1) is 13.8 Å². The van der Waals surface area contributed by atoms with E-state index in [4.69, 9.17) is 9.47 Å². The third kappa shape index (κ3) is 5.97. The van der Waals surface area contributed by atoms with E-state index in [1.165, 1.54) is 0 Å². The summed E-state index contributed by atoms with van der Waals surface area (Å²) >= 11 is 0. The Bertz CT molecular complexity index is 827. The van der Waals surface area contributed by atoms with Gasteiger partial charge < -0.3 is 19.4 Å². The molecule has 0 spiro atoms. The number of carbonyl (C=O) groups is 3. The summed E-state index contributed by atoms with van der Waals surface area (Å²) in [7, 11) is 0. The molecule has 0 saturated heterocycles. The number of hydrogen-bond acceptors (Lipinski definition) is 5. The summed E-state index contributed by atoms with van der Waals surface area (Å²) in [5, 5.41) is 2.72. The average molecular weight is 386 g/mol. The highest BCUT2D eigenvalue weighted by Gasteiger charge is 2.18. The number of hydrogen-bond donors (Lipinski definition) is 1. The van der Waals surface area contributed by atoms with Gasteiger partial charge in [-0.1, -0.05) is 30.3 Å². The fraction of sp³-hybridized carbons (Fsp3) is 0.381. The van der Waals surface area contributed by atoms with Crippen LogP contribution in [0.25, 0.3) is 0 Å². The molecule has 7 nitrogen and oxygen atoms in total. The highest BCUT2D eigenvalue weighted by molar-refractivity contribution is 5.91. The molecule has 0 aliphatic carbocycles. The second kappa shape index (κ2) is 10.3. The number of carbonyl (C=O) groups excluding carboxylic acids is 3. The number of esters is 2. The van der Waals surface area contributed by atoms with Crippen LogP contribution < -0.4 is 5.32 Å². The zero-order valence-electron chi connectivity index (χ0n) is 16.5. The van der Waals surface area contributed by atoms with Crippen molar-refractivity contribution in [2.75, 3.05) is 19.8 Å². The Labute approximate surface area is 164 Å². The molecule has 1 amide bonds. The molecule has 1 aromatic carbocycles. The van der Waals surface area contributed by atoms with E-state index in [2.05, 4.69) is 5.32 Å². The number of benzene rings is 1. The SMILES string of the molecule is CCOC(=O)c1cc(C)n(CC(=O)OCC(=O)NCCc2ccccc2)c1C. The molecule has 0 saturated carbocycles. The Morgan fingerprint density at radius 1 is 1.07 bits per heavy atom. The molecule has 150 valence electrons. The molecule has 2 rings (SSSR count). The van der Waals surface area contributed by atoms with Crippen molar-refractivity contribution in [2.45, 2.75) is 33.7 Å². The van der Waals surface area contributed by atoms with Gasteiger partial charge in [-0.15, -0.1) is 0 Å². The molecule has 0 atom stereocenters. The van der Waals surface area contributed by atoms with E-state index in [0.717, 1.165) is 11.3 Å². The predicted octanol–water partition coefficient (Wildman–Crippen LogP) is 2.18. The zero-order chi connectivity index (χ0) is 20.5. The Kier molecular flexibility index (Phi) is 7.80. The molecular formula is C21H26N2O5. The summed E-state index contributed by atoms with van der Waals surface area (Å²) in [5.41, 5.74) is 2.91. The molecule has 1 aromatic heterocycles. The van der Waals surface area contributed by atoms with E-state index in [0.29, 0.717) is 24.2 Å². The first-order valence-corrected chi connectivity index (χ1v) is 9.22. The normalized spacial score (nSPS) is 10.4. The number of ether oxygens (including phenoxy) is 2. The smallest absolute Gasteiger partial charge is 0.339 e. The molecule has 0 aliphatic rings. The van der Waals surface area contributed by atoms with Crippen molar-refractivity contribution in [3.05, 3.63) is 58.9 Å². The summed E-state index contributed by atoms with van der Waals surface area (Å²) in [6.45, 7) is 5.61. The number of amides is 1. The van der Waals surface area contributed by atoms with E-state index in [1.807, 2.05) is 30.3 Å². The van der Waals surface area contributed by atoms with Crippen molar-refractivity contribution in [1.82, 2.24) is 9.88 Å². The lowest BCUT2D eigenvalue weighted by molar-refractivity contribution is -0.149. The minimum absolute atomic E-state index is 0.0750. The first-order valence-electron chi connectivity index (χ1n) is 9.22. The first kappa shape index (κ1) is 21.2. The number of aryl methyl sites for hydroxylation is 1. The van der Waals surface area contributed by atoms with Crippen molar-refractivity contribution in [2.24, 2.45) is 0 Å². The van der Waals surface area contributed by atoms with Gasteiger partial charge in [0.15, 0.2) is 6.61 Å². The highest BCUT2D eigenvalue weighted by Crippen LogP contribution is 2.16. The van der Waals surface area contributed by atoms with Crippen LogP contribution in [0.3, 0.4) is 0 Å². The lowest BCUT2D eigenvalue weighted by atomic mass is 10.1. The van der Waals surface area contributed by atoms with Crippen molar-refractivity contribution < 1.29 is 23.9 Å². The Morgan fingerprint density at radius 3 is 2.46 bits per heavy atom. The second-order valence-electron chi connectivity index (χ2n) is 6.34. The van der Waals surface area contributed by atoms with Gasteiger partial charge in [0.05, 0.1) is 12.2 Å². The summed E-state index contributed by atoms with van der Waals surface area (Å²) in [6.07, 6.45) is 0.707. The largest absolute Gasteiger partial charge is 0.462 e. The minimum atomic E-state index is -0.546. The third-order valence-electron chi connectivity index (χ3n) is 4.30. The molecule has 0 unspecified atom stereocenters. The van der Waals surface area contributed by atoms with Gasteiger partial charge in [-0.25, -0.2) is 4.79 Å². The maximum atomic E-state index is 12.1. The number of aromatic nitrogens is 1. The second-order valence-corrected chi connectivity index (χ2v) is 6.34. The molecule has 7 heteroatoms.